The van der Waals surface area contributed by atoms with Crippen LogP contribution in [0.4, 0.5) is 0 Å². The van der Waals surface area contributed by atoms with Crippen LogP contribution in [0.15, 0.2) is 0 Å². The molecule has 0 radical (unpaired) electrons. The van der Waals surface area contributed by atoms with Crippen molar-refractivity contribution in [1.29, 1.82) is 0 Å². The number of rotatable bonds is 9. The molecule has 0 aromatic carbocycles. The molecule has 0 saturated carbocycles. The summed E-state index contributed by atoms with van der Waals surface area (Å²) in [6.45, 7) is 12.5. The van der Waals surface area contributed by atoms with E-state index >= 15 is 0 Å². The van der Waals surface area contributed by atoms with Gasteiger partial charge in [0.05, 0.1) is 0 Å². The second-order valence-corrected chi connectivity index (χ2v) is 5.57. The molecule has 0 aliphatic heterocycles. The van der Waals surface area contributed by atoms with Crippen molar-refractivity contribution in [2.24, 2.45) is 0 Å². The number of nitrogens with one attached hydrogen (secondary N) is 1. The van der Waals surface area contributed by atoms with Gasteiger partial charge in [-0.2, -0.15) is 0 Å². The first-order valence-electron chi connectivity index (χ1n) is 6.97. The first kappa shape index (κ1) is 16.9. The standard InChI is InChI=1S/C14H33N3/c1-8-14(4,13(3)15-9-2)17(7)12-10-11-16(5)6/h13,15H,8-12H2,1-7H3. The molecule has 0 amide bonds. The van der Waals surface area contributed by atoms with Crippen LogP contribution in [0.3, 0.4) is 0 Å². The summed E-state index contributed by atoms with van der Waals surface area (Å²) in [6.07, 6.45) is 2.41. The molecular weight excluding hydrogens is 210 g/mol. The van der Waals surface area contributed by atoms with Gasteiger partial charge < -0.3 is 10.2 Å². The van der Waals surface area contributed by atoms with Crippen molar-refractivity contribution in [3.63, 3.8) is 0 Å². The Labute approximate surface area is 109 Å². The topological polar surface area (TPSA) is 18.5 Å². The predicted octanol–water partition coefficient (Wildman–Crippen LogP) is 2.04. The summed E-state index contributed by atoms with van der Waals surface area (Å²) in [5.74, 6) is 0. The third-order valence-electron chi connectivity index (χ3n) is 4.13. The molecule has 17 heavy (non-hydrogen) atoms. The van der Waals surface area contributed by atoms with Crippen LogP contribution < -0.4 is 5.32 Å². The summed E-state index contributed by atoms with van der Waals surface area (Å²) in [5, 5.41) is 3.57. The zero-order chi connectivity index (χ0) is 13.5. The van der Waals surface area contributed by atoms with Crippen LogP contribution in [-0.4, -0.2) is 62.2 Å². The quantitative estimate of drug-likeness (QED) is 0.668. The van der Waals surface area contributed by atoms with Crippen molar-refractivity contribution in [2.45, 2.75) is 52.1 Å². The summed E-state index contributed by atoms with van der Waals surface area (Å²) in [5.41, 5.74) is 0.252. The molecule has 2 unspecified atom stereocenters. The zero-order valence-corrected chi connectivity index (χ0v) is 13.0. The van der Waals surface area contributed by atoms with Gasteiger partial charge in [-0.25, -0.2) is 0 Å². The first-order valence-corrected chi connectivity index (χ1v) is 6.97. The Morgan fingerprint density at radius 3 is 2.12 bits per heavy atom. The van der Waals surface area contributed by atoms with Gasteiger partial charge >= 0.3 is 0 Å². The van der Waals surface area contributed by atoms with Gasteiger partial charge in [0.15, 0.2) is 0 Å². The minimum atomic E-state index is 0.252. The Morgan fingerprint density at radius 1 is 1.12 bits per heavy atom. The molecule has 0 aliphatic rings. The van der Waals surface area contributed by atoms with Gasteiger partial charge in [0, 0.05) is 11.6 Å². The molecule has 3 heteroatoms. The van der Waals surface area contributed by atoms with Gasteiger partial charge in [-0.15, -0.1) is 0 Å². The van der Waals surface area contributed by atoms with Gasteiger partial charge in [-0.1, -0.05) is 13.8 Å². The SMILES string of the molecule is CCNC(C)C(C)(CC)N(C)CCCN(C)C. The minimum Gasteiger partial charge on any atom is -0.313 e. The summed E-state index contributed by atoms with van der Waals surface area (Å²) in [4.78, 5) is 4.77. The molecular formula is C14H33N3. The minimum absolute atomic E-state index is 0.252. The maximum Gasteiger partial charge on any atom is 0.0326 e. The van der Waals surface area contributed by atoms with Crippen LogP contribution in [-0.2, 0) is 0 Å². The summed E-state index contributed by atoms with van der Waals surface area (Å²) in [6, 6.07) is 0.529. The fourth-order valence-electron chi connectivity index (χ4n) is 2.31. The third kappa shape index (κ3) is 5.36. The van der Waals surface area contributed by atoms with E-state index in [2.05, 4.69) is 64.0 Å². The molecule has 0 fully saturated rings. The van der Waals surface area contributed by atoms with Crippen LogP contribution >= 0.6 is 0 Å². The van der Waals surface area contributed by atoms with Crippen LogP contribution in [0.2, 0.25) is 0 Å². The van der Waals surface area contributed by atoms with Crippen LogP contribution in [0, 0.1) is 0 Å². The first-order chi connectivity index (χ1) is 7.88. The molecule has 1 N–H and O–H groups in total. The Bertz CT molecular complexity index is 194. The van der Waals surface area contributed by atoms with Crippen molar-refractivity contribution in [3.8, 4) is 0 Å². The average molecular weight is 243 g/mol. The Hall–Kier alpha value is -0.120. The largest absolute Gasteiger partial charge is 0.313 e. The second kappa shape index (κ2) is 8.06. The molecule has 0 aromatic heterocycles. The highest BCUT2D eigenvalue weighted by molar-refractivity contribution is 4.92. The van der Waals surface area contributed by atoms with Gasteiger partial charge in [0.1, 0.15) is 0 Å². The summed E-state index contributed by atoms with van der Waals surface area (Å²) in [7, 11) is 6.54. The highest BCUT2D eigenvalue weighted by Crippen LogP contribution is 2.22. The third-order valence-corrected chi connectivity index (χ3v) is 4.13. The van der Waals surface area contributed by atoms with Crippen molar-refractivity contribution in [1.82, 2.24) is 15.1 Å². The van der Waals surface area contributed by atoms with E-state index < -0.39 is 0 Å². The number of hydrogen-bond donors (Lipinski definition) is 1. The van der Waals surface area contributed by atoms with Gasteiger partial charge in [-0.3, -0.25) is 4.90 Å². The molecule has 0 rings (SSSR count). The van der Waals surface area contributed by atoms with Crippen LogP contribution in [0.5, 0.6) is 0 Å². The van der Waals surface area contributed by atoms with Crippen molar-refractivity contribution < 1.29 is 0 Å². The van der Waals surface area contributed by atoms with E-state index in [-0.39, 0.29) is 5.54 Å². The maximum atomic E-state index is 3.57. The predicted molar refractivity (Wildman–Crippen MR) is 77.6 cm³/mol. The van der Waals surface area contributed by atoms with E-state index in [1.165, 1.54) is 19.4 Å². The van der Waals surface area contributed by atoms with Crippen LogP contribution in [0.25, 0.3) is 0 Å². The van der Waals surface area contributed by atoms with Crippen molar-refractivity contribution in [2.75, 3.05) is 40.8 Å². The van der Waals surface area contributed by atoms with Crippen molar-refractivity contribution >= 4 is 0 Å². The Kier molecular flexibility index (Phi) is 8.01. The van der Waals surface area contributed by atoms with E-state index in [9.17, 15) is 0 Å². The van der Waals surface area contributed by atoms with E-state index in [4.69, 9.17) is 0 Å². The Morgan fingerprint density at radius 2 is 1.71 bits per heavy atom. The van der Waals surface area contributed by atoms with E-state index in [0.29, 0.717) is 6.04 Å². The lowest BCUT2D eigenvalue weighted by Crippen LogP contribution is -2.57. The molecule has 0 heterocycles. The normalized spacial score (nSPS) is 17.5. The molecule has 0 bridgehead atoms. The fraction of sp³-hybridized carbons (Fsp3) is 1.00. The molecule has 3 nitrogen and oxygen atoms in total. The zero-order valence-electron chi connectivity index (χ0n) is 13.0. The van der Waals surface area contributed by atoms with Gasteiger partial charge in [-0.05, 0) is 67.5 Å². The van der Waals surface area contributed by atoms with Crippen LogP contribution in [0.1, 0.15) is 40.5 Å². The molecule has 0 saturated heterocycles. The molecule has 0 spiro atoms. The average Bonchev–Trinajstić information content (AvgIpc) is 2.27. The lowest BCUT2D eigenvalue weighted by molar-refractivity contribution is 0.0903. The number of hydrogen-bond acceptors (Lipinski definition) is 3. The monoisotopic (exact) mass is 243 g/mol. The lowest BCUT2D eigenvalue weighted by atomic mass is 9.88. The molecule has 2 atom stereocenters. The molecule has 0 aromatic rings. The lowest BCUT2D eigenvalue weighted by Gasteiger charge is -2.43. The maximum absolute atomic E-state index is 3.57. The van der Waals surface area contributed by atoms with E-state index in [0.717, 1.165) is 13.1 Å². The van der Waals surface area contributed by atoms with Gasteiger partial charge in [0.25, 0.3) is 0 Å². The highest BCUT2D eigenvalue weighted by atomic mass is 15.2. The summed E-state index contributed by atoms with van der Waals surface area (Å²) < 4.78 is 0. The van der Waals surface area contributed by atoms with E-state index in [1.807, 2.05) is 0 Å². The molecule has 104 valence electrons. The van der Waals surface area contributed by atoms with Crippen molar-refractivity contribution in [3.05, 3.63) is 0 Å². The van der Waals surface area contributed by atoms with Gasteiger partial charge in [0.2, 0.25) is 0 Å². The number of likely N-dealkylation sites (N-methyl/N-ethyl adjacent to an activating group) is 2. The summed E-state index contributed by atoms with van der Waals surface area (Å²) >= 11 is 0. The second-order valence-electron chi connectivity index (χ2n) is 5.57. The molecule has 0 aliphatic carbocycles. The Balaban J connectivity index is 4.30. The smallest absolute Gasteiger partial charge is 0.0326 e. The van der Waals surface area contributed by atoms with E-state index in [1.54, 1.807) is 0 Å². The highest BCUT2D eigenvalue weighted by Gasteiger charge is 2.32. The fourth-order valence-corrected chi connectivity index (χ4v) is 2.31. The number of nitrogens with zero attached hydrogens (tertiary/aromatic N) is 2.